The third-order valence-corrected chi connectivity index (χ3v) is 5.71. The second-order valence-corrected chi connectivity index (χ2v) is 8.02. The summed E-state index contributed by atoms with van der Waals surface area (Å²) in [5.74, 6) is -0.250. The van der Waals surface area contributed by atoms with Crippen LogP contribution in [0, 0.1) is 6.92 Å². The monoisotopic (exact) mass is 418 g/mol. The number of aliphatic carboxylic acids is 1. The Labute approximate surface area is 178 Å². The number of nitrogens with zero attached hydrogens (tertiary/aromatic N) is 2. The molecule has 7 heteroatoms. The fourth-order valence-electron chi connectivity index (χ4n) is 3.40. The van der Waals surface area contributed by atoms with E-state index in [9.17, 15) is 9.90 Å². The van der Waals surface area contributed by atoms with Crippen LogP contribution in [0.15, 0.2) is 58.6 Å². The van der Waals surface area contributed by atoms with Crippen LogP contribution >= 0.6 is 11.8 Å². The number of H-pyrrole nitrogens is 2. The zero-order chi connectivity index (χ0) is 21.1. The van der Waals surface area contributed by atoms with Gasteiger partial charge in [0.05, 0.1) is 5.69 Å². The first-order valence-corrected chi connectivity index (χ1v) is 10.6. The molecule has 0 aliphatic heterocycles. The Bertz CT molecular complexity index is 1220. The normalized spacial score (nSPS) is 11.9. The van der Waals surface area contributed by atoms with Crippen molar-refractivity contribution in [3.05, 3.63) is 70.4 Å². The highest BCUT2D eigenvalue weighted by Gasteiger charge is 2.18. The number of carboxylic acids is 1. The summed E-state index contributed by atoms with van der Waals surface area (Å²) in [7, 11) is 0. The molecule has 3 N–H and O–H groups in total. The number of fused-ring (bicyclic) bond motifs is 1. The van der Waals surface area contributed by atoms with E-state index in [2.05, 4.69) is 27.1 Å². The number of aromatic amines is 2. The van der Waals surface area contributed by atoms with Crippen molar-refractivity contribution in [1.82, 2.24) is 20.2 Å². The van der Waals surface area contributed by atoms with Gasteiger partial charge >= 0.3 is 5.97 Å². The molecule has 0 fully saturated rings. The maximum absolute atomic E-state index is 12.0. The van der Waals surface area contributed by atoms with E-state index < -0.39 is 5.97 Å². The second-order valence-electron chi connectivity index (χ2n) is 7.01. The van der Waals surface area contributed by atoms with E-state index >= 15 is 0 Å². The highest BCUT2D eigenvalue weighted by molar-refractivity contribution is 8.04. The third kappa shape index (κ3) is 4.02. The molecule has 0 radical (unpaired) electrons. The second kappa shape index (κ2) is 8.59. The number of carbonyl (C=O) groups is 1. The van der Waals surface area contributed by atoms with Gasteiger partial charge in [-0.05, 0) is 42.3 Å². The SMILES string of the molecule is CCCc1nc(S/C(=C\c2c(-c3ccccc3)[nH]c3c(C)cccc23)C(=O)O)n[nH]1. The van der Waals surface area contributed by atoms with Gasteiger partial charge in [0.25, 0.3) is 0 Å². The fraction of sp³-hybridized carbons (Fsp3) is 0.174. The summed E-state index contributed by atoms with van der Waals surface area (Å²) in [4.78, 5) is 20.1. The van der Waals surface area contributed by atoms with Crippen molar-refractivity contribution in [3.8, 4) is 11.3 Å². The number of hydrogen-bond donors (Lipinski definition) is 3. The lowest BCUT2D eigenvalue weighted by molar-refractivity contribution is -0.131. The smallest absolute Gasteiger partial charge is 0.342 e. The number of aromatic nitrogens is 4. The van der Waals surface area contributed by atoms with E-state index in [1.54, 1.807) is 6.08 Å². The maximum Gasteiger partial charge on any atom is 0.342 e. The Morgan fingerprint density at radius 1 is 1.17 bits per heavy atom. The van der Waals surface area contributed by atoms with E-state index in [0.29, 0.717) is 5.16 Å². The molecule has 30 heavy (non-hydrogen) atoms. The number of benzene rings is 2. The quantitative estimate of drug-likeness (QED) is 0.275. The molecule has 152 valence electrons. The van der Waals surface area contributed by atoms with Gasteiger partial charge in [0.15, 0.2) is 0 Å². The van der Waals surface area contributed by atoms with E-state index in [0.717, 1.165) is 63.7 Å². The maximum atomic E-state index is 12.0. The van der Waals surface area contributed by atoms with Gasteiger partial charge in [-0.1, -0.05) is 55.5 Å². The molecule has 2 heterocycles. The molecule has 0 bridgehead atoms. The van der Waals surface area contributed by atoms with Crippen LogP contribution in [-0.4, -0.2) is 31.2 Å². The first-order chi connectivity index (χ1) is 14.6. The Morgan fingerprint density at radius 2 is 1.97 bits per heavy atom. The average Bonchev–Trinajstić information content (AvgIpc) is 3.34. The van der Waals surface area contributed by atoms with Crippen LogP contribution < -0.4 is 0 Å². The van der Waals surface area contributed by atoms with Crippen molar-refractivity contribution in [2.75, 3.05) is 0 Å². The highest BCUT2D eigenvalue weighted by Crippen LogP contribution is 2.36. The minimum Gasteiger partial charge on any atom is -0.477 e. The zero-order valence-corrected chi connectivity index (χ0v) is 17.6. The van der Waals surface area contributed by atoms with Gasteiger partial charge < -0.3 is 10.1 Å². The summed E-state index contributed by atoms with van der Waals surface area (Å²) >= 11 is 1.05. The van der Waals surface area contributed by atoms with Crippen molar-refractivity contribution in [1.29, 1.82) is 0 Å². The van der Waals surface area contributed by atoms with E-state index in [1.807, 2.05) is 55.5 Å². The standard InChI is InChI=1S/C23H22N4O2S/c1-3-8-19-24-23(27-26-19)30-18(22(28)29)13-17-16-12-7-9-14(2)20(16)25-21(17)15-10-5-4-6-11-15/h4-7,9-13,25H,3,8H2,1-2H3,(H,28,29)(H,24,26,27)/b18-13-. The number of hydrogen-bond acceptors (Lipinski definition) is 4. The molecule has 0 saturated carbocycles. The molecule has 0 saturated heterocycles. The number of aryl methyl sites for hydroxylation is 2. The van der Waals surface area contributed by atoms with Crippen LogP contribution in [0.3, 0.4) is 0 Å². The number of thioether (sulfide) groups is 1. The molecule has 0 unspecified atom stereocenters. The van der Waals surface area contributed by atoms with Crippen LogP contribution in [0.5, 0.6) is 0 Å². The summed E-state index contributed by atoms with van der Waals surface area (Å²) < 4.78 is 0. The molecule has 0 aliphatic rings. The fourth-order valence-corrected chi connectivity index (χ4v) is 4.11. The lowest BCUT2D eigenvalue weighted by Gasteiger charge is -2.03. The van der Waals surface area contributed by atoms with Crippen molar-refractivity contribution in [2.45, 2.75) is 31.8 Å². The van der Waals surface area contributed by atoms with Gasteiger partial charge in [0.2, 0.25) is 5.16 Å². The lowest BCUT2D eigenvalue weighted by Crippen LogP contribution is -1.97. The van der Waals surface area contributed by atoms with Crippen molar-refractivity contribution >= 4 is 34.7 Å². The van der Waals surface area contributed by atoms with Gasteiger partial charge in [-0.3, -0.25) is 5.10 Å². The molecular weight excluding hydrogens is 396 g/mol. The van der Waals surface area contributed by atoms with E-state index in [-0.39, 0.29) is 4.91 Å². The minimum atomic E-state index is -1.01. The molecule has 4 rings (SSSR count). The summed E-state index contributed by atoms with van der Waals surface area (Å²) in [6.45, 7) is 4.10. The Hall–Kier alpha value is -3.32. The number of nitrogens with one attached hydrogen (secondary N) is 2. The van der Waals surface area contributed by atoms with Crippen LogP contribution in [0.2, 0.25) is 0 Å². The molecule has 0 atom stereocenters. The van der Waals surface area contributed by atoms with Crippen LogP contribution in [0.4, 0.5) is 0 Å². The number of rotatable bonds is 7. The summed E-state index contributed by atoms with van der Waals surface area (Å²) in [6.07, 6.45) is 3.43. The van der Waals surface area contributed by atoms with Gasteiger partial charge in [0, 0.05) is 22.9 Å². The Balaban J connectivity index is 1.83. The first kappa shape index (κ1) is 20.0. The Morgan fingerprint density at radius 3 is 2.70 bits per heavy atom. The zero-order valence-electron chi connectivity index (χ0n) is 16.8. The van der Waals surface area contributed by atoms with Crippen LogP contribution in [0.1, 0.15) is 30.3 Å². The van der Waals surface area contributed by atoms with Crippen molar-refractivity contribution in [3.63, 3.8) is 0 Å². The van der Waals surface area contributed by atoms with E-state index in [4.69, 9.17) is 0 Å². The minimum absolute atomic E-state index is 0.164. The predicted molar refractivity (Wildman–Crippen MR) is 120 cm³/mol. The summed E-state index contributed by atoms with van der Waals surface area (Å²) in [6, 6.07) is 16.0. The lowest BCUT2D eigenvalue weighted by atomic mass is 10.0. The number of carboxylic acid groups (broad SMARTS) is 1. The van der Waals surface area contributed by atoms with Gasteiger partial charge in [-0.15, -0.1) is 5.10 Å². The first-order valence-electron chi connectivity index (χ1n) is 9.77. The molecule has 2 aromatic carbocycles. The summed E-state index contributed by atoms with van der Waals surface area (Å²) in [5, 5.41) is 18.3. The largest absolute Gasteiger partial charge is 0.477 e. The summed E-state index contributed by atoms with van der Waals surface area (Å²) in [5.41, 5.74) is 4.83. The topological polar surface area (TPSA) is 94.7 Å². The van der Waals surface area contributed by atoms with Crippen molar-refractivity contribution in [2.24, 2.45) is 0 Å². The van der Waals surface area contributed by atoms with Crippen LogP contribution in [-0.2, 0) is 11.2 Å². The number of para-hydroxylation sites is 1. The molecule has 0 amide bonds. The molecule has 0 spiro atoms. The van der Waals surface area contributed by atoms with Gasteiger partial charge in [0.1, 0.15) is 10.7 Å². The van der Waals surface area contributed by atoms with E-state index in [1.165, 1.54) is 0 Å². The predicted octanol–water partition coefficient (Wildman–Crippen LogP) is 5.43. The molecule has 0 aliphatic carbocycles. The Kier molecular flexibility index (Phi) is 5.72. The van der Waals surface area contributed by atoms with Crippen LogP contribution in [0.25, 0.3) is 28.2 Å². The highest BCUT2D eigenvalue weighted by atomic mass is 32.2. The third-order valence-electron chi connectivity index (χ3n) is 4.83. The molecule has 6 nitrogen and oxygen atoms in total. The van der Waals surface area contributed by atoms with Gasteiger partial charge in [-0.2, -0.15) is 0 Å². The molecule has 2 aromatic heterocycles. The van der Waals surface area contributed by atoms with Crippen molar-refractivity contribution < 1.29 is 9.90 Å². The average molecular weight is 419 g/mol. The molecule has 4 aromatic rings. The molecular formula is C23H22N4O2S. The van der Waals surface area contributed by atoms with Gasteiger partial charge in [-0.25, -0.2) is 9.78 Å².